The number of allylic oxidation sites excluding steroid dienone is 1. The Labute approximate surface area is 61.6 Å². The lowest BCUT2D eigenvalue weighted by molar-refractivity contribution is -0.141. The average molecular weight is 142 g/mol. The Morgan fingerprint density at radius 3 is 2.50 bits per heavy atom. The van der Waals surface area contributed by atoms with Crippen LogP contribution in [0.5, 0.6) is 0 Å². The highest BCUT2D eigenvalue weighted by Gasteiger charge is 2.09. The first-order chi connectivity index (χ1) is 4.54. The maximum atomic E-state index is 10.3. The van der Waals surface area contributed by atoms with Crippen LogP contribution in [0, 0.1) is 5.92 Å². The zero-order valence-electron chi connectivity index (χ0n) is 6.55. The van der Waals surface area contributed by atoms with Gasteiger partial charge in [0.1, 0.15) is 0 Å². The molecule has 0 unspecified atom stereocenters. The normalized spacial score (nSPS) is 12.6. The fraction of sp³-hybridized carbons (Fsp3) is 0.625. The summed E-state index contributed by atoms with van der Waals surface area (Å²) in [5.41, 5.74) is 1.05. The summed E-state index contributed by atoms with van der Waals surface area (Å²) in [4.78, 5) is 10.3. The number of hydrogen-bond donors (Lipinski definition) is 1. The van der Waals surface area contributed by atoms with E-state index in [0.717, 1.165) is 12.0 Å². The predicted octanol–water partition coefficient (Wildman–Crippen LogP) is 2.06. The van der Waals surface area contributed by atoms with Gasteiger partial charge in [-0.3, -0.25) is 4.79 Å². The summed E-state index contributed by atoms with van der Waals surface area (Å²) in [5, 5.41) is 8.47. The quantitative estimate of drug-likeness (QED) is 0.610. The van der Waals surface area contributed by atoms with Gasteiger partial charge in [0.25, 0.3) is 0 Å². The van der Waals surface area contributed by atoms with Crippen molar-refractivity contribution in [3.63, 3.8) is 0 Å². The van der Waals surface area contributed by atoms with Gasteiger partial charge in [0.05, 0.1) is 5.92 Å². The minimum absolute atomic E-state index is 0.239. The second-order valence-electron chi connectivity index (χ2n) is 2.74. The van der Waals surface area contributed by atoms with Crippen LogP contribution < -0.4 is 0 Å². The fourth-order valence-corrected chi connectivity index (χ4v) is 0.586. The highest BCUT2D eigenvalue weighted by Crippen LogP contribution is 2.09. The first-order valence-corrected chi connectivity index (χ1v) is 3.41. The lowest BCUT2D eigenvalue weighted by Crippen LogP contribution is -2.08. The van der Waals surface area contributed by atoms with Crippen molar-refractivity contribution in [2.45, 2.75) is 26.7 Å². The number of carboxylic acids is 1. The minimum atomic E-state index is -0.721. The first kappa shape index (κ1) is 9.21. The Hall–Kier alpha value is -0.790. The Bertz CT molecular complexity index is 138. The number of carbonyl (C=O) groups is 1. The van der Waals surface area contributed by atoms with Crippen molar-refractivity contribution >= 4 is 5.97 Å². The smallest absolute Gasteiger partial charge is 0.306 e. The molecule has 0 aliphatic carbocycles. The zero-order valence-corrected chi connectivity index (χ0v) is 6.55. The standard InChI is InChI=1S/C8H14O2/c1-6(2)4-5-7(3)8(9)10/h7H,1,4-5H2,2-3H3,(H,9,10)/t7-/m1/s1. The molecule has 0 saturated heterocycles. The van der Waals surface area contributed by atoms with E-state index in [9.17, 15) is 4.79 Å². The second kappa shape index (κ2) is 4.09. The molecule has 0 bridgehead atoms. The van der Waals surface area contributed by atoms with E-state index in [1.807, 2.05) is 6.92 Å². The van der Waals surface area contributed by atoms with Crippen LogP contribution in [0.2, 0.25) is 0 Å². The molecular weight excluding hydrogens is 128 g/mol. The molecule has 0 saturated carbocycles. The van der Waals surface area contributed by atoms with Gasteiger partial charge in [0.2, 0.25) is 0 Å². The van der Waals surface area contributed by atoms with Crippen molar-refractivity contribution in [3.05, 3.63) is 12.2 Å². The van der Waals surface area contributed by atoms with Crippen LogP contribution in [0.1, 0.15) is 26.7 Å². The number of rotatable bonds is 4. The zero-order chi connectivity index (χ0) is 8.15. The van der Waals surface area contributed by atoms with Crippen molar-refractivity contribution in [2.24, 2.45) is 5.92 Å². The van der Waals surface area contributed by atoms with Crippen molar-refractivity contribution in [1.82, 2.24) is 0 Å². The summed E-state index contributed by atoms with van der Waals surface area (Å²) in [6, 6.07) is 0. The molecule has 2 heteroatoms. The molecular formula is C8H14O2. The fourth-order valence-electron chi connectivity index (χ4n) is 0.586. The van der Waals surface area contributed by atoms with Gasteiger partial charge in [-0.2, -0.15) is 0 Å². The van der Waals surface area contributed by atoms with Gasteiger partial charge in [0.15, 0.2) is 0 Å². The van der Waals surface area contributed by atoms with Crippen LogP contribution in [0.15, 0.2) is 12.2 Å². The maximum absolute atomic E-state index is 10.3. The van der Waals surface area contributed by atoms with Crippen LogP contribution in [-0.2, 0) is 4.79 Å². The Morgan fingerprint density at radius 1 is 1.70 bits per heavy atom. The van der Waals surface area contributed by atoms with Gasteiger partial charge in [-0.05, 0) is 19.8 Å². The third-order valence-corrected chi connectivity index (χ3v) is 1.43. The SMILES string of the molecule is C=C(C)CC[C@@H](C)C(=O)O. The molecule has 0 radical (unpaired) electrons. The molecule has 1 N–H and O–H groups in total. The molecule has 0 rings (SSSR count). The van der Waals surface area contributed by atoms with E-state index in [4.69, 9.17) is 5.11 Å². The van der Waals surface area contributed by atoms with Crippen molar-refractivity contribution in [2.75, 3.05) is 0 Å². The molecule has 0 aromatic rings. The molecule has 0 aliphatic rings. The summed E-state index contributed by atoms with van der Waals surface area (Å²) in [6.07, 6.45) is 1.51. The van der Waals surface area contributed by atoms with Gasteiger partial charge in [-0.15, -0.1) is 6.58 Å². The molecule has 0 aliphatic heterocycles. The maximum Gasteiger partial charge on any atom is 0.306 e. The lowest BCUT2D eigenvalue weighted by Gasteiger charge is -2.03. The topological polar surface area (TPSA) is 37.3 Å². The molecule has 10 heavy (non-hydrogen) atoms. The third kappa shape index (κ3) is 4.13. The third-order valence-electron chi connectivity index (χ3n) is 1.43. The monoisotopic (exact) mass is 142 g/mol. The van der Waals surface area contributed by atoms with Gasteiger partial charge in [-0.1, -0.05) is 12.5 Å². The molecule has 0 heterocycles. The van der Waals surface area contributed by atoms with E-state index in [0.29, 0.717) is 6.42 Å². The summed E-state index contributed by atoms with van der Waals surface area (Å²) in [5.74, 6) is -0.960. The van der Waals surface area contributed by atoms with E-state index in [1.54, 1.807) is 6.92 Å². The molecule has 0 spiro atoms. The molecule has 1 atom stereocenters. The molecule has 2 nitrogen and oxygen atoms in total. The summed E-state index contributed by atoms with van der Waals surface area (Å²) < 4.78 is 0. The van der Waals surface area contributed by atoms with E-state index >= 15 is 0 Å². The summed E-state index contributed by atoms with van der Waals surface area (Å²) in [7, 11) is 0. The predicted molar refractivity (Wildman–Crippen MR) is 40.8 cm³/mol. The number of carboxylic acid groups (broad SMARTS) is 1. The average Bonchev–Trinajstić information content (AvgIpc) is 1.82. The van der Waals surface area contributed by atoms with E-state index in [-0.39, 0.29) is 5.92 Å². The minimum Gasteiger partial charge on any atom is -0.481 e. The first-order valence-electron chi connectivity index (χ1n) is 3.41. The van der Waals surface area contributed by atoms with Crippen LogP contribution in [0.3, 0.4) is 0 Å². The summed E-state index contributed by atoms with van der Waals surface area (Å²) >= 11 is 0. The summed E-state index contributed by atoms with van der Waals surface area (Å²) in [6.45, 7) is 7.32. The van der Waals surface area contributed by atoms with Gasteiger partial charge < -0.3 is 5.11 Å². The molecule has 0 fully saturated rings. The highest BCUT2D eigenvalue weighted by atomic mass is 16.4. The molecule has 58 valence electrons. The van der Waals surface area contributed by atoms with Gasteiger partial charge >= 0.3 is 5.97 Å². The van der Waals surface area contributed by atoms with Crippen LogP contribution >= 0.6 is 0 Å². The highest BCUT2D eigenvalue weighted by molar-refractivity contribution is 5.69. The van der Waals surface area contributed by atoms with Crippen LogP contribution in [-0.4, -0.2) is 11.1 Å². The Morgan fingerprint density at radius 2 is 2.20 bits per heavy atom. The van der Waals surface area contributed by atoms with Gasteiger partial charge in [-0.25, -0.2) is 0 Å². The van der Waals surface area contributed by atoms with E-state index < -0.39 is 5.97 Å². The van der Waals surface area contributed by atoms with Gasteiger partial charge in [0, 0.05) is 0 Å². The van der Waals surface area contributed by atoms with Crippen molar-refractivity contribution in [3.8, 4) is 0 Å². The van der Waals surface area contributed by atoms with E-state index in [2.05, 4.69) is 6.58 Å². The second-order valence-corrected chi connectivity index (χ2v) is 2.74. The van der Waals surface area contributed by atoms with E-state index in [1.165, 1.54) is 0 Å². The largest absolute Gasteiger partial charge is 0.481 e. The molecule has 0 amide bonds. The Kier molecular flexibility index (Phi) is 3.77. The molecule has 0 aromatic heterocycles. The van der Waals surface area contributed by atoms with Crippen molar-refractivity contribution in [1.29, 1.82) is 0 Å². The van der Waals surface area contributed by atoms with Crippen molar-refractivity contribution < 1.29 is 9.90 Å². The molecule has 0 aromatic carbocycles. The number of hydrogen-bond acceptors (Lipinski definition) is 1. The van der Waals surface area contributed by atoms with Crippen LogP contribution in [0.4, 0.5) is 0 Å². The van der Waals surface area contributed by atoms with Crippen LogP contribution in [0.25, 0.3) is 0 Å². The Balaban J connectivity index is 3.49. The lowest BCUT2D eigenvalue weighted by atomic mass is 10.0. The number of aliphatic carboxylic acids is 1.